The van der Waals surface area contributed by atoms with E-state index in [9.17, 15) is 0 Å². The standard InChI is InChI=1S/C21H32ClN5O/c1-15-10-17(24-28-15)18-16(19(22)25(5)23-18)11-26-9-7-21(12-26)13-27(14-21)8-6-20(2,3)4/h10H,6-9,11-14H2,1-5H3. The molecule has 7 heteroatoms. The third-order valence-electron chi connectivity index (χ3n) is 6.13. The summed E-state index contributed by atoms with van der Waals surface area (Å²) in [6.07, 6.45) is 2.54. The molecule has 0 amide bonds. The van der Waals surface area contributed by atoms with E-state index in [2.05, 4.69) is 40.8 Å². The van der Waals surface area contributed by atoms with Gasteiger partial charge < -0.3 is 9.42 Å². The summed E-state index contributed by atoms with van der Waals surface area (Å²) >= 11 is 6.58. The first-order valence-electron chi connectivity index (χ1n) is 10.2. The van der Waals surface area contributed by atoms with E-state index in [-0.39, 0.29) is 0 Å². The highest BCUT2D eigenvalue weighted by atomic mass is 35.5. The molecule has 0 bridgehead atoms. The highest BCUT2D eigenvalue weighted by Gasteiger charge is 2.47. The molecule has 0 aromatic carbocycles. The minimum Gasteiger partial charge on any atom is -0.361 e. The van der Waals surface area contributed by atoms with Crippen LogP contribution in [0.1, 0.15) is 44.9 Å². The number of rotatable bonds is 5. The van der Waals surface area contributed by atoms with Crippen LogP contribution in [0, 0.1) is 17.8 Å². The second kappa shape index (κ2) is 7.15. The predicted molar refractivity (Wildman–Crippen MR) is 111 cm³/mol. The van der Waals surface area contributed by atoms with Gasteiger partial charge in [0.2, 0.25) is 0 Å². The van der Waals surface area contributed by atoms with Gasteiger partial charge in [-0.05, 0) is 38.3 Å². The van der Waals surface area contributed by atoms with E-state index in [0.717, 1.165) is 42.3 Å². The zero-order valence-electron chi connectivity index (χ0n) is 17.8. The van der Waals surface area contributed by atoms with Gasteiger partial charge in [-0.25, -0.2) is 0 Å². The normalized spacial score (nSPS) is 20.2. The summed E-state index contributed by atoms with van der Waals surface area (Å²) in [7, 11) is 1.88. The van der Waals surface area contributed by atoms with Gasteiger partial charge in [0.1, 0.15) is 22.3 Å². The third kappa shape index (κ3) is 4.00. The van der Waals surface area contributed by atoms with Crippen molar-refractivity contribution in [3.63, 3.8) is 0 Å². The van der Waals surface area contributed by atoms with Crippen LogP contribution in [0.25, 0.3) is 11.4 Å². The molecule has 1 spiro atoms. The van der Waals surface area contributed by atoms with Crippen LogP contribution in [0.4, 0.5) is 0 Å². The molecular formula is C21H32ClN5O. The van der Waals surface area contributed by atoms with E-state index in [1.165, 1.54) is 32.5 Å². The van der Waals surface area contributed by atoms with Crippen molar-refractivity contribution in [3.8, 4) is 11.4 Å². The molecule has 28 heavy (non-hydrogen) atoms. The Morgan fingerprint density at radius 3 is 2.57 bits per heavy atom. The zero-order chi connectivity index (χ0) is 20.1. The smallest absolute Gasteiger partial charge is 0.134 e. The summed E-state index contributed by atoms with van der Waals surface area (Å²) in [6.45, 7) is 15.6. The summed E-state index contributed by atoms with van der Waals surface area (Å²) < 4.78 is 6.99. The average molecular weight is 406 g/mol. The van der Waals surface area contributed by atoms with Gasteiger partial charge in [0, 0.05) is 50.3 Å². The van der Waals surface area contributed by atoms with E-state index in [1.54, 1.807) is 4.68 Å². The van der Waals surface area contributed by atoms with Crippen LogP contribution in [-0.2, 0) is 13.6 Å². The zero-order valence-corrected chi connectivity index (χ0v) is 18.5. The van der Waals surface area contributed by atoms with Gasteiger partial charge >= 0.3 is 0 Å². The lowest BCUT2D eigenvalue weighted by Crippen LogP contribution is -2.57. The molecule has 2 aromatic rings. The molecule has 0 N–H and O–H groups in total. The topological polar surface area (TPSA) is 50.3 Å². The van der Waals surface area contributed by atoms with Crippen molar-refractivity contribution in [1.82, 2.24) is 24.7 Å². The van der Waals surface area contributed by atoms with E-state index in [0.29, 0.717) is 16.0 Å². The number of hydrogen-bond acceptors (Lipinski definition) is 5. The number of likely N-dealkylation sites (tertiary alicyclic amines) is 2. The van der Waals surface area contributed by atoms with E-state index < -0.39 is 0 Å². The Kier molecular flexibility index (Phi) is 5.09. The molecule has 2 aliphatic rings. The molecule has 2 fully saturated rings. The molecule has 6 nitrogen and oxygen atoms in total. The quantitative estimate of drug-likeness (QED) is 0.753. The van der Waals surface area contributed by atoms with Gasteiger partial charge in [-0.1, -0.05) is 37.5 Å². The SMILES string of the molecule is Cc1cc(-c2nn(C)c(Cl)c2CN2CCC3(C2)CN(CCC(C)(C)C)C3)no1. The van der Waals surface area contributed by atoms with Crippen LogP contribution in [0.2, 0.25) is 5.15 Å². The Bertz CT molecular complexity index is 844. The Hall–Kier alpha value is -1.37. The molecule has 0 unspecified atom stereocenters. The number of nitrogens with zero attached hydrogens (tertiary/aromatic N) is 5. The largest absolute Gasteiger partial charge is 0.361 e. The van der Waals surface area contributed by atoms with Crippen LogP contribution in [0.15, 0.2) is 10.6 Å². The number of aryl methyl sites for hydroxylation is 2. The van der Waals surface area contributed by atoms with Crippen molar-refractivity contribution in [2.45, 2.75) is 47.1 Å². The van der Waals surface area contributed by atoms with E-state index in [4.69, 9.17) is 16.1 Å². The maximum absolute atomic E-state index is 6.58. The molecule has 154 valence electrons. The van der Waals surface area contributed by atoms with E-state index in [1.807, 2.05) is 20.0 Å². The predicted octanol–water partition coefficient (Wildman–Crippen LogP) is 3.98. The Morgan fingerprint density at radius 1 is 1.21 bits per heavy atom. The monoisotopic (exact) mass is 405 g/mol. The van der Waals surface area contributed by atoms with Gasteiger partial charge in [-0.15, -0.1) is 0 Å². The number of hydrogen-bond donors (Lipinski definition) is 0. The van der Waals surface area contributed by atoms with Crippen molar-refractivity contribution < 1.29 is 4.52 Å². The van der Waals surface area contributed by atoms with E-state index >= 15 is 0 Å². The maximum atomic E-state index is 6.58. The average Bonchev–Trinajstić information content (AvgIpc) is 3.26. The fourth-order valence-electron chi connectivity index (χ4n) is 4.57. The fourth-order valence-corrected chi connectivity index (χ4v) is 4.76. The first kappa shape index (κ1) is 19.9. The third-order valence-corrected chi connectivity index (χ3v) is 6.61. The second-order valence-electron chi connectivity index (χ2n) is 10.0. The maximum Gasteiger partial charge on any atom is 0.134 e. The number of halogens is 1. The molecule has 0 saturated carbocycles. The molecular weight excluding hydrogens is 374 g/mol. The molecule has 2 saturated heterocycles. The summed E-state index contributed by atoms with van der Waals surface area (Å²) in [4.78, 5) is 5.15. The Labute approximate surface area is 172 Å². The van der Waals surface area contributed by atoms with Crippen LogP contribution < -0.4 is 0 Å². The minimum absolute atomic E-state index is 0.414. The van der Waals surface area contributed by atoms with Gasteiger partial charge in [0.15, 0.2) is 0 Å². The van der Waals surface area contributed by atoms with Crippen molar-refractivity contribution in [1.29, 1.82) is 0 Å². The summed E-state index contributed by atoms with van der Waals surface area (Å²) in [6, 6.07) is 1.92. The lowest BCUT2D eigenvalue weighted by Gasteiger charge is -2.49. The Morgan fingerprint density at radius 2 is 1.93 bits per heavy atom. The summed E-state index contributed by atoms with van der Waals surface area (Å²) in [5, 5.41) is 9.43. The molecule has 4 heterocycles. The minimum atomic E-state index is 0.414. The highest BCUT2D eigenvalue weighted by Crippen LogP contribution is 2.41. The van der Waals surface area contributed by atoms with Crippen LogP contribution >= 0.6 is 11.6 Å². The first-order valence-corrected chi connectivity index (χ1v) is 10.6. The highest BCUT2D eigenvalue weighted by molar-refractivity contribution is 6.30. The second-order valence-corrected chi connectivity index (χ2v) is 10.4. The number of aromatic nitrogens is 3. The molecule has 4 rings (SSSR count). The van der Waals surface area contributed by atoms with Crippen molar-refractivity contribution in [3.05, 3.63) is 22.5 Å². The lowest BCUT2D eigenvalue weighted by atomic mass is 9.78. The van der Waals surface area contributed by atoms with Crippen molar-refractivity contribution >= 4 is 11.6 Å². The molecule has 0 radical (unpaired) electrons. The van der Waals surface area contributed by atoms with Crippen molar-refractivity contribution in [2.75, 3.05) is 32.7 Å². The molecule has 0 aliphatic carbocycles. The van der Waals surface area contributed by atoms with Crippen LogP contribution in [0.3, 0.4) is 0 Å². The fraction of sp³-hybridized carbons (Fsp3) is 0.714. The molecule has 0 atom stereocenters. The van der Waals surface area contributed by atoms with Crippen LogP contribution in [0.5, 0.6) is 0 Å². The van der Waals surface area contributed by atoms with Gasteiger partial charge in [0.25, 0.3) is 0 Å². The van der Waals surface area contributed by atoms with Crippen molar-refractivity contribution in [2.24, 2.45) is 17.9 Å². The first-order chi connectivity index (χ1) is 13.1. The van der Waals surface area contributed by atoms with Gasteiger partial charge in [-0.3, -0.25) is 9.58 Å². The lowest BCUT2D eigenvalue weighted by molar-refractivity contribution is 0.00150. The molecule has 2 aliphatic heterocycles. The van der Waals surface area contributed by atoms with Gasteiger partial charge in [-0.2, -0.15) is 5.10 Å². The Balaban J connectivity index is 1.39. The van der Waals surface area contributed by atoms with Crippen LogP contribution in [-0.4, -0.2) is 57.5 Å². The van der Waals surface area contributed by atoms with Gasteiger partial charge in [0.05, 0.1) is 0 Å². The summed E-state index contributed by atoms with van der Waals surface area (Å²) in [5.74, 6) is 0.785. The summed E-state index contributed by atoms with van der Waals surface area (Å²) in [5.41, 5.74) is 3.54. The molecule has 2 aromatic heterocycles.